The van der Waals surface area contributed by atoms with Gasteiger partial charge in [-0.25, -0.2) is 9.59 Å². The van der Waals surface area contributed by atoms with Crippen molar-refractivity contribution in [1.82, 2.24) is 0 Å². The summed E-state index contributed by atoms with van der Waals surface area (Å²) in [4.78, 5) is 35.0. The first-order chi connectivity index (χ1) is 10.6. The Balaban J connectivity index is 2.38. The molecule has 0 saturated carbocycles. The van der Waals surface area contributed by atoms with Crippen molar-refractivity contribution in [3.05, 3.63) is 34.4 Å². The number of carbonyl (C=O) groups is 3. The SMILES string of the molecule is CC(=O)Oc1c(C)cc(C=C2C(=O)OC(C)(C)OC2=O)cc1C. The minimum Gasteiger partial charge on any atom is -0.426 e. The van der Waals surface area contributed by atoms with Gasteiger partial charge in [0, 0.05) is 20.8 Å². The molecule has 6 nitrogen and oxygen atoms in total. The van der Waals surface area contributed by atoms with E-state index in [1.54, 1.807) is 26.0 Å². The summed E-state index contributed by atoms with van der Waals surface area (Å²) in [5.41, 5.74) is 1.86. The number of cyclic esters (lactones) is 2. The van der Waals surface area contributed by atoms with Gasteiger partial charge in [-0.1, -0.05) is 0 Å². The smallest absolute Gasteiger partial charge is 0.348 e. The van der Waals surface area contributed by atoms with E-state index in [4.69, 9.17) is 14.2 Å². The van der Waals surface area contributed by atoms with Gasteiger partial charge < -0.3 is 14.2 Å². The van der Waals surface area contributed by atoms with Gasteiger partial charge in [-0.3, -0.25) is 4.79 Å². The van der Waals surface area contributed by atoms with Crippen LogP contribution in [0.5, 0.6) is 5.75 Å². The summed E-state index contributed by atoms with van der Waals surface area (Å²) in [5, 5.41) is 0. The van der Waals surface area contributed by atoms with Gasteiger partial charge in [0.1, 0.15) is 11.3 Å². The van der Waals surface area contributed by atoms with Crippen molar-refractivity contribution < 1.29 is 28.6 Å². The molecule has 0 aromatic heterocycles. The maximum absolute atomic E-state index is 11.9. The van der Waals surface area contributed by atoms with Crippen molar-refractivity contribution in [1.29, 1.82) is 0 Å². The van der Waals surface area contributed by atoms with E-state index in [2.05, 4.69) is 0 Å². The third kappa shape index (κ3) is 3.77. The van der Waals surface area contributed by atoms with Crippen LogP contribution in [-0.2, 0) is 23.9 Å². The molecule has 0 atom stereocenters. The molecule has 0 N–H and O–H groups in total. The first-order valence-electron chi connectivity index (χ1n) is 7.07. The van der Waals surface area contributed by atoms with Crippen LogP contribution in [0.3, 0.4) is 0 Å². The Morgan fingerprint density at radius 2 is 1.57 bits per heavy atom. The Labute approximate surface area is 134 Å². The molecule has 1 saturated heterocycles. The summed E-state index contributed by atoms with van der Waals surface area (Å²) in [6.07, 6.45) is 1.40. The second-order valence-electron chi connectivity index (χ2n) is 5.81. The minimum atomic E-state index is -1.27. The van der Waals surface area contributed by atoms with Crippen LogP contribution in [0, 0.1) is 13.8 Å². The molecule has 0 radical (unpaired) electrons. The number of hydrogen-bond donors (Lipinski definition) is 0. The number of ether oxygens (including phenoxy) is 3. The first kappa shape index (κ1) is 16.7. The summed E-state index contributed by atoms with van der Waals surface area (Å²) in [7, 11) is 0. The van der Waals surface area contributed by atoms with Crippen LogP contribution in [0.4, 0.5) is 0 Å². The van der Waals surface area contributed by atoms with Crippen LogP contribution < -0.4 is 4.74 Å². The van der Waals surface area contributed by atoms with E-state index in [9.17, 15) is 14.4 Å². The highest BCUT2D eigenvalue weighted by Crippen LogP contribution is 2.28. The molecule has 1 aromatic carbocycles. The van der Waals surface area contributed by atoms with E-state index in [1.807, 2.05) is 0 Å². The van der Waals surface area contributed by atoms with E-state index in [1.165, 1.54) is 26.8 Å². The number of carbonyl (C=O) groups excluding carboxylic acids is 3. The predicted molar refractivity (Wildman–Crippen MR) is 81.5 cm³/mol. The van der Waals surface area contributed by atoms with E-state index < -0.39 is 23.7 Å². The summed E-state index contributed by atoms with van der Waals surface area (Å²) in [5.74, 6) is -2.67. The van der Waals surface area contributed by atoms with Gasteiger partial charge >= 0.3 is 17.9 Å². The van der Waals surface area contributed by atoms with Gasteiger partial charge in [-0.2, -0.15) is 0 Å². The maximum Gasteiger partial charge on any atom is 0.348 e. The fourth-order valence-corrected chi connectivity index (χ4v) is 2.32. The quantitative estimate of drug-likeness (QED) is 0.361. The van der Waals surface area contributed by atoms with Crippen molar-refractivity contribution in [2.75, 3.05) is 0 Å². The minimum absolute atomic E-state index is 0.177. The zero-order valence-electron chi connectivity index (χ0n) is 13.7. The number of benzene rings is 1. The van der Waals surface area contributed by atoms with E-state index >= 15 is 0 Å². The average Bonchev–Trinajstić information content (AvgIpc) is 2.37. The Morgan fingerprint density at radius 1 is 1.09 bits per heavy atom. The molecular formula is C17H18O6. The fraction of sp³-hybridized carbons (Fsp3) is 0.353. The highest BCUT2D eigenvalue weighted by Gasteiger charge is 2.38. The maximum atomic E-state index is 11.9. The van der Waals surface area contributed by atoms with E-state index in [-0.39, 0.29) is 5.57 Å². The molecule has 0 unspecified atom stereocenters. The second kappa shape index (κ2) is 5.87. The van der Waals surface area contributed by atoms with Crippen LogP contribution in [0.15, 0.2) is 17.7 Å². The molecule has 1 heterocycles. The van der Waals surface area contributed by atoms with Crippen molar-refractivity contribution >= 4 is 24.0 Å². The summed E-state index contributed by atoms with van der Waals surface area (Å²) < 4.78 is 15.2. The molecule has 0 aliphatic carbocycles. The Kier molecular flexibility index (Phi) is 4.27. The van der Waals surface area contributed by atoms with Gasteiger partial charge in [0.05, 0.1) is 0 Å². The van der Waals surface area contributed by atoms with Gasteiger partial charge in [0.2, 0.25) is 0 Å². The van der Waals surface area contributed by atoms with Gasteiger partial charge in [0.15, 0.2) is 0 Å². The number of esters is 3. The highest BCUT2D eigenvalue weighted by atomic mass is 16.7. The van der Waals surface area contributed by atoms with Crippen LogP contribution in [0.25, 0.3) is 6.08 Å². The summed E-state index contributed by atoms with van der Waals surface area (Å²) >= 11 is 0. The molecule has 0 spiro atoms. The lowest BCUT2D eigenvalue weighted by molar-refractivity contribution is -0.222. The molecule has 1 fully saturated rings. The third-order valence-electron chi connectivity index (χ3n) is 3.16. The lowest BCUT2D eigenvalue weighted by Crippen LogP contribution is -2.41. The van der Waals surface area contributed by atoms with Crippen molar-refractivity contribution in [3.63, 3.8) is 0 Å². The lowest BCUT2D eigenvalue weighted by Gasteiger charge is -2.29. The van der Waals surface area contributed by atoms with Crippen molar-refractivity contribution in [2.45, 2.75) is 40.4 Å². The highest BCUT2D eigenvalue weighted by molar-refractivity contribution is 6.18. The zero-order chi connectivity index (χ0) is 17.4. The van der Waals surface area contributed by atoms with Crippen molar-refractivity contribution in [2.24, 2.45) is 0 Å². The lowest BCUT2D eigenvalue weighted by atomic mass is 10.0. The van der Waals surface area contributed by atoms with Crippen LogP contribution in [0.1, 0.15) is 37.5 Å². The summed E-state index contributed by atoms with van der Waals surface area (Å²) in [6, 6.07) is 3.41. The molecule has 1 aliphatic rings. The van der Waals surface area contributed by atoms with Gasteiger partial charge in [-0.15, -0.1) is 0 Å². The molecule has 1 aromatic rings. The second-order valence-corrected chi connectivity index (χ2v) is 5.81. The standard InChI is InChI=1S/C17H18O6/c1-9-6-12(7-10(2)14(9)21-11(3)18)8-13-15(19)22-17(4,5)23-16(13)20/h6-8H,1-5H3. The molecule has 23 heavy (non-hydrogen) atoms. The zero-order valence-corrected chi connectivity index (χ0v) is 13.7. The molecule has 6 heteroatoms. The number of hydrogen-bond acceptors (Lipinski definition) is 6. The predicted octanol–water partition coefficient (Wildman–Crippen LogP) is 2.45. The monoisotopic (exact) mass is 318 g/mol. The van der Waals surface area contributed by atoms with Crippen LogP contribution in [-0.4, -0.2) is 23.7 Å². The van der Waals surface area contributed by atoms with E-state index in [0.29, 0.717) is 22.4 Å². The van der Waals surface area contributed by atoms with Gasteiger partial charge in [-0.05, 0) is 48.7 Å². The molecule has 0 bridgehead atoms. The average molecular weight is 318 g/mol. The van der Waals surface area contributed by atoms with Crippen LogP contribution >= 0.6 is 0 Å². The molecule has 0 amide bonds. The Bertz CT molecular complexity index is 682. The van der Waals surface area contributed by atoms with Gasteiger partial charge in [0.25, 0.3) is 5.79 Å². The summed E-state index contributed by atoms with van der Waals surface area (Å²) in [6.45, 7) is 7.84. The normalized spacial score (nSPS) is 16.5. The van der Waals surface area contributed by atoms with Crippen molar-refractivity contribution in [3.8, 4) is 5.75 Å². The fourth-order valence-electron chi connectivity index (χ4n) is 2.32. The third-order valence-corrected chi connectivity index (χ3v) is 3.16. The van der Waals surface area contributed by atoms with E-state index in [0.717, 1.165) is 0 Å². The molecular weight excluding hydrogens is 300 g/mol. The molecule has 122 valence electrons. The van der Waals surface area contributed by atoms with Crippen LogP contribution in [0.2, 0.25) is 0 Å². The number of rotatable bonds is 2. The first-order valence-corrected chi connectivity index (χ1v) is 7.07. The Morgan fingerprint density at radius 3 is 2.00 bits per heavy atom. The number of aryl methyl sites for hydroxylation is 2. The topological polar surface area (TPSA) is 78.9 Å². The molecule has 2 rings (SSSR count). The molecule has 1 aliphatic heterocycles. The largest absolute Gasteiger partial charge is 0.426 e. The Hall–Kier alpha value is -2.63.